The molecular formula is C11H9ClN6. The lowest BCUT2D eigenvalue weighted by atomic mass is 10.2. The second kappa shape index (κ2) is 4.58. The van der Waals surface area contributed by atoms with E-state index in [-0.39, 0.29) is 6.17 Å². The van der Waals surface area contributed by atoms with Crippen molar-refractivity contribution in [3.8, 4) is 0 Å². The maximum absolute atomic E-state index is 5.90. The van der Waals surface area contributed by atoms with Crippen molar-refractivity contribution in [1.29, 1.82) is 0 Å². The van der Waals surface area contributed by atoms with Gasteiger partial charge in [0.15, 0.2) is 6.17 Å². The fraction of sp³-hybridized carbons (Fsp3) is 0.0909. The van der Waals surface area contributed by atoms with E-state index in [2.05, 4.69) is 20.2 Å². The minimum Gasteiger partial charge on any atom is -0.224 e. The second-order valence-electron chi connectivity index (χ2n) is 3.68. The molecule has 2 aromatic heterocycles. The minimum atomic E-state index is -0.215. The van der Waals surface area contributed by atoms with Crippen LogP contribution in [-0.4, -0.2) is 29.5 Å². The van der Waals surface area contributed by atoms with E-state index in [4.69, 9.17) is 11.6 Å². The molecule has 90 valence electrons. The lowest BCUT2D eigenvalue weighted by Crippen LogP contribution is -2.20. The van der Waals surface area contributed by atoms with E-state index in [1.54, 1.807) is 22.0 Å². The summed E-state index contributed by atoms with van der Waals surface area (Å²) in [6.07, 6.45) is 6.04. The standard InChI is InChI=1S/C11H9ClN6/c12-10-3-1-9(2-4-10)11(17-7-13-5-15-17)18-8-14-6-16-18/h1-8,11H. The SMILES string of the molecule is Clc1ccc(C(n2cncn2)n2cncn2)cc1. The van der Waals surface area contributed by atoms with E-state index in [1.807, 2.05) is 24.3 Å². The predicted octanol–water partition coefficient (Wildman–Crippen LogP) is 1.62. The fourth-order valence-corrected chi connectivity index (χ4v) is 1.87. The number of halogens is 1. The monoisotopic (exact) mass is 260 g/mol. The molecule has 0 bridgehead atoms. The van der Waals surface area contributed by atoms with Crippen LogP contribution >= 0.6 is 11.6 Å². The quantitative estimate of drug-likeness (QED) is 0.718. The largest absolute Gasteiger partial charge is 0.224 e. The van der Waals surface area contributed by atoms with Crippen molar-refractivity contribution >= 4 is 11.6 Å². The van der Waals surface area contributed by atoms with Crippen LogP contribution in [0.4, 0.5) is 0 Å². The predicted molar refractivity (Wildman–Crippen MR) is 65.0 cm³/mol. The maximum Gasteiger partial charge on any atom is 0.172 e. The van der Waals surface area contributed by atoms with Gasteiger partial charge in [-0.3, -0.25) is 0 Å². The molecule has 0 spiro atoms. The first-order valence-corrected chi connectivity index (χ1v) is 5.66. The van der Waals surface area contributed by atoms with Crippen molar-refractivity contribution in [2.24, 2.45) is 0 Å². The van der Waals surface area contributed by atoms with Crippen LogP contribution in [0.5, 0.6) is 0 Å². The zero-order valence-electron chi connectivity index (χ0n) is 9.26. The van der Waals surface area contributed by atoms with Gasteiger partial charge in [-0.1, -0.05) is 23.7 Å². The number of aromatic nitrogens is 6. The van der Waals surface area contributed by atoms with Gasteiger partial charge in [0.25, 0.3) is 0 Å². The highest BCUT2D eigenvalue weighted by atomic mass is 35.5. The molecule has 3 aromatic rings. The van der Waals surface area contributed by atoms with Crippen LogP contribution in [0.2, 0.25) is 5.02 Å². The lowest BCUT2D eigenvalue weighted by Gasteiger charge is -2.17. The van der Waals surface area contributed by atoms with Gasteiger partial charge in [-0.2, -0.15) is 10.2 Å². The number of rotatable bonds is 3. The Balaban J connectivity index is 2.08. The number of nitrogens with zero attached hydrogens (tertiary/aromatic N) is 6. The fourth-order valence-electron chi connectivity index (χ4n) is 1.75. The van der Waals surface area contributed by atoms with E-state index in [0.717, 1.165) is 5.56 Å². The van der Waals surface area contributed by atoms with E-state index in [9.17, 15) is 0 Å². The Kier molecular flexibility index (Phi) is 2.77. The molecule has 0 fully saturated rings. The van der Waals surface area contributed by atoms with Crippen molar-refractivity contribution in [3.05, 3.63) is 60.2 Å². The molecule has 3 rings (SSSR count). The minimum absolute atomic E-state index is 0.215. The zero-order valence-corrected chi connectivity index (χ0v) is 10.0. The van der Waals surface area contributed by atoms with Crippen molar-refractivity contribution < 1.29 is 0 Å². The van der Waals surface area contributed by atoms with Gasteiger partial charge >= 0.3 is 0 Å². The Morgan fingerprint density at radius 1 is 0.889 bits per heavy atom. The van der Waals surface area contributed by atoms with Crippen molar-refractivity contribution in [3.63, 3.8) is 0 Å². The van der Waals surface area contributed by atoms with Crippen molar-refractivity contribution in [2.75, 3.05) is 0 Å². The van der Waals surface area contributed by atoms with E-state index in [0.29, 0.717) is 5.02 Å². The van der Waals surface area contributed by atoms with Gasteiger partial charge in [-0.15, -0.1) is 0 Å². The van der Waals surface area contributed by atoms with Crippen LogP contribution in [0.25, 0.3) is 0 Å². The van der Waals surface area contributed by atoms with E-state index in [1.165, 1.54) is 12.7 Å². The smallest absolute Gasteiger partial charge is 0.172 e. The van der Waals surface area contributed by atoms with Crippen molar-refractivity contribution in [2.45, 2.75) is 6.17 Å². The van der Waals surface area contributed by atoms with Crippen LogP contribution in [0, 0.1) is 0 Å². The Bertz CT molecular complexity index is 567. The molecule has 6 nitrogen and oxygen atoms in total. The number of hydrogen-bond donors (Lipinski definition) is 0. The Morgan fingerprint density at radius 3 is 1.89 bits per heavy atom. The summed E-state index contributed by atoms with van der Waals surface area (Å²) in [6.45, 7) is 0. The molecule has 0 N–H and O–H groups in total. The summed E-state index contributed by atoms with van der Waals surface area (Å²) in [5.41, 5.74) is 0.996. The molecular weight excluding hydrogens is 252 g/mol. The van der Waals surface area contributed by atoms with Gasteiger partial charge in [0.05, 0.1) is 0 Å². The first kappa shape index (κ1) is 10.9. The molecule has 0 amide bonds. The summed E-state index contributed by atoms with van der Waals surface area (Å²) in [6, 6.07) is 7.52. The van der Waals surface area contributed by atoms with Gasteiger partial charge in [0.2, 0.25) is 0 Å². The topological polar surface area (TPSA) is 61.4 Å². The molecule has 0 atom stereocenters. The van der Waals surface area contributed by atoms with Crippen LogP contribution in [0.1, 0.15) is 11.7 Å². The van der Waals surface area contributed by atoms with E-state index >= 15 is 0 Å². The molecule has 18 heavy (non-hydrogen) atoms. The molecule has 0 radical (unpaired) electrons. The summed E-state index contributed by atoms with van der Waals surface area (Å²) in [7, 11) is 0. The molecule has 0 saturated carbocycles. The molecule has 0 aliphatic carbocycles. The van der Waals surface area contributed by atoms with Gasteiger partial charge < -0.3 is 0 Å². The van der Waals surface area contributed by atoms with Crippen LogP contribution < -0.4 is 0 Å². The summed E-state index contributed by atoms with van der Waals surface area (Å²) >= 11 is 5.90. The zero-order chi connectivity index (χ0) is 12.4. The molecule has 0 saturated heterocycles. The van der Waals surface area contributed by atoms with Gasteiger partial charge in [0, 0.05) is 5.02 Å². The second-order valence-corrected chi connectivity index (χ2v) is 4.11. The average Bonchev–Trinajstić information content (AvgIpc) is 3.06. The van der Waals surface area contributed by atoms with Crippen LogP contribution in [0.3, 0.4) is 0 Å². The molecule has 0 unspecified atom stereocenters. The molecule has 2 heterocycles. The summed E-state index contributed by atoms with van der Waals surface area (Å²) in [5, 5.41) is 9.00. The highest BCUT2D eigenvalue weighted by Gasteiger charge is 2.16. The van der Waals surface area contributed by atoms with Crippen molar-refractivity contribution in [1.82, 2.24) is 29.5 Å². The molecule has 0 aliphatic rings. The lowest BCUT2D eigenvalue weighted by molar-refractivity contribution is 0.417. The average molecular weight is 261 g/mol. The Labute approximate surface area is 108 Å². The van der Waals surface area contributed by atoms with Crippen LogP contribution in [-0.2, 0) is 0 Å². The number of benzene rings is 1. The first-order valence-electron chi connectivity index (χ1n) is 5.28. The Morgan fingerprint density at radius 2 is 1.44 bits per heavy atom. The number of hydrogen-bond acceptors (Lipinski definition) is 4. The molecule has 0 aliphatic heterocycles. The third kappa shape index (κ3) is 1.98. The molecule has 1 aromatic carbocycles. The molecule has 7 heteroatoms. The van der Waals surface area contributed by atoms with Gasteiger partial charge in [0.1, 0.15) is 25.3 Å². The summed E-state index contributed by atoms with van der Waals surface area (Å²) in [5.74, 6) is 0. The summed E-state index contributed by atoms with van der Waals surface area (Å²) < 4.78 is 3.41. The van der Waals surface area contributed by atoms with Gasteiger partial charge in [-0.05, 0) is 17.7 Å². The highest BCUT2D eigenvalue weighted by molar-refractivity contribution is 6.30. The third-order valence-corrected chi connectivity index (χ3v) is 2.79. The van der Waals surface area contributed by atoms with E-state index < -0.39 is 0 Å². The Hall–Kier alpha value is -2.21. The normalized spacial score (nSPS) is 11.0. The summed E-state index contributed by atoms with van der Waals surface area (Å²) in [4.78, 5) is 7.92. The van der Waals surface area contributed by atoms with Gasteiger partial charge in [-0.25, -0.2) is 19.3 Å². The third-order valence-electron chi connectivity index (χ3n) is 2.54. The van der Waals surface area contributed by atoms with Crippen LogP contribution in [0.15, 0.2) is 49.6 Å². The maximum atomic E-state index is 5.90. The highest BCUT2D eigenvalue weighted by Crippen LogP contribution is 2.20. The first-order chi connectivity index (χ1) is 8.84.